The molecule has 2 aromatic rings. The highest BCUT2D eigenvalue weighted by Gasteiger charge is 2.34. The summed E-state index contributed by atoms with van der Waals surface area (Å²) >= 11 is 0. The lowest BCUT2D eigenvalue weighted by Crippen LogP contribution is -2.34. The Hall–Kier alpha value is -2.89. The summed E-state index contributed by atoms with van der Waals surface area (Å²) in [6.45, 7) is 3.43. The molecule has 1 saturated heterocycles. The smallest absolute Gasteiger partial charge is 0.225 e. The van der Waals surface area contributed by atoms with Crippen LogP contribution in [-0.2, 0) is 22.6 Å². The van der Waals surface area contributed by atoms with Crippen molar-refractivity contribution in [1.82, 2.24) is 15.2 Å². The van der Waals surface area contributed by atoms with Crippen LogP contribution in [0.15, 0.2) is 42.6 Å². The number of aryl methyl sites for hydroxylation is 1. The normalized spacial score (nSPS) is 16.4. The molecule has 0 bridgehead atoms. The molecule has 1 aromatic heterocycles. The molecule has 27 heavy (non-hydrogen) atoms. The number of nitrogens with zero attached hydrogens (tertiary/aromatic N) is 2. The number of hydrogen-bond acceptors (Lipinski definition) is 4. The average Bonchev–Trinajstić information content (AvgIpc) is 3.03. The van der Waals surface area contributed by atoms with Crippen LogP contribution in [0.5, 0.6) is 5.75 Å². The molecule has 3 rings (SSSR count). The Kier molecular flexibility index (Phi) is 6.06. The number of aromatic nitrogens is 1. The van der Waals surface area contributed by atoms with E-state index in [-0.39, 0.29) is 24.2 Å². The molecule has 6 nitrogen and oxygen atoms in total. The third kappa shape index (κ3) is 4.84. The zero-order valence-electron chi connectivity index (χ0n) is 15.8. The van der Waals surface area contributed by atoms with Crippen LogP contribution in [0.25, 0.3) is 0 Å². The molecule has 0 saturated carbocycles. The van der Waals surface area contributed by atoms with Crippen LogP contribution in [0.3, 0.4) is 0 Å². The van der Waals surface area contributed by atoms with E-state index in [9.17, 15) is 9.59 Å². The third-order valence-corrected chi connectivity index (χ3v) is 4.79. The first-order chi connectivity index (χ1) is 13.1. The minimum atomic E-state index is -0.305. The van der Waals surface area contributed by atoms with Crippen LogP contribution in [0, 0.1) is 12.8 Å². The summed E-state index contributed by atoms with van der Waals surface area (Å²) < 4.78 is 5.37. The Balaban J connectivity index is 1.50. The van der Waals surface area contributed by atoms with Crippen LogP contribution >= 0.6 is 0 Å². The van der Waals surface area contributed by atoms with Crippen molar-refractivity contribution < 1.29 is 14.3 Å². The Morgan fingerprint density at radius 1 is 1.33 bits per heavy atom. The molecule has 2 amide bonds. The Morgan fingerprint density at radius 2 is 2.19 bits per heavy atom. The average molecular weight is 367 g/mol. The summed E-state index contributed by atoms with van der Waals surface area (Å²) in [5.41, 5.74) is 3.05. The summed E-state index contributed by atoms with van der Waals surface area (Å²) in [5.74, 6) is 0.452. The summed E-state index contributed by atoms with van der Waals surface area (Å²) in [4.78, 5) is 30.6. The maximum absolute atomic E-state index is 12.5. The van der Waals surface area contributed by atoms with Crippen LogP contribution in [0.2, 0.25) is 0 Å². The molecular formula is C21H25N3O3. The topological polar surface area (TPSA) is 71.5 Å². The van der Waals surface area contributed by atoms with Gasteiger partial charge in [0.25, 0.3) is 0 Å². The Morgan fingerprint density at radius 3 is 2.93 bits per heavy atom. The highest BCUT2D eigenvalue weighted by molar-refractivity contribution is 5.89. The van der Waals surface area contributed by atoms with Crippen molar-refractivity contribution in [2.45, 2.75) is 26.3 Å². The lowest BCUT2D eigenvalue weighted by molar-refractivity contribution is -0.129. The molecule has 1 aliphatic rings. The zero-order chi connectivity index (χ0) is 19.2. The van der Waals surface area contributed by atoms with Crippen molar-refractivity contribution in [2.24, 2.45) is 5.92 Å². The van der Waals surface area contributed by atoms with E-state index in [2.05, 4.69) is 16.4 Å². The van der Waals surface area contributed by atoms with Crippen LogP contribution in [0.1, 0.15) is 23.2 Å². The SMILES string of the molecule is COc1ccc(C)cc1CCNC(=O)[C@H]1CC(=O)N(Cc2ccccn2)C1. The molecular weight excluding hydrogens is 342 g/mol. The van der Waals surface area contributed by atoms with Gasteiger partial charge in [-0.25, -0.2) is 0 Å². The summed E-state index contributed by atoms with van der Waals surface area (Å²) in [5, 5.41) is 2.96. The second-order valence-corrected chi connectivity index (χ2v) is 6.85. The van der Waals surface area contributed by atoms with E-state index in [1.165, 1.54) is 0 Å². The standard InChI is InChI=1S/C21H25N3O3/c1-15-6-7-19(27-2)16(11-15)8-10-23-21(26)17-12-20(25)24(13-17)14-18-5-3-4-9-22-18/h3-7,9,11,17H,8,10,12-14H2,1-2H3,(H,23,26)/t17-/m0/s1. The van der Waals surface area contributed by atoms with E-state index < -0.39 is 0 Å². The number of rotatable bonds is 7. The Labute approximate surface area is 159 Å². The van der Waals surface area contributed by atoms with Gasteiger partial charge < -0.3 is 15.0 Å². The highest BCUT2D eigenvalue weighted by atomic mass is 16.5. The Bertz CT molecular complexity index is 808. The van der Waals surface area contributed by atoms with Gasteiger partial charge in [0.2, 0.25) is 11.8 Å². The molecule has 1 fully saturated rings. The number of nitrogens with one attached hydrogen (secondary N) is 1. The fourth-order valence-corrected chi connectivity index (χ4v) is 3.36. The molecule has 1 aliphatic heterocycles. The predicted molar refractivity (Wildman–Crippen MR) is 102 cm³/mol. The molecule has 0 unspecified atom stereocenters. The van der Waals surface area contributed by atoms with E-state index in [1.807, 2.05) is 37.3 Å². The summed E-state index contributed by atoms with van der Waals surface area (Å²) in [6, 6.07) is 11.6. The van der Waals surface area contributed by atoms with Crippen LogP contribution in [-0.4, -0.2) is 41.9 Å². The molecule has 1 atom stereocenters. The van der Waals surface area contributed by atoms with E-state index >= 15 is 0 Å². The number of hydrogen-bond donors (Lipinski definition) is 1. The number of carbonyl (C=O) groups is 2. The number of pyridine rings is 1. The summed E-state index contributed by atoms with van der Waals surface area (Å²) in [7, 11) is 1.65. The molecule has 6 heteroatoms. The van der Waals surface area contributed by atoms with E-state index in [0.717, 1.165) is 22.6 Å². The molecule has 0 spiro atoms. The highest BCUT2D eigenvalue weighted by Crippen LogP contribution is 2.21. The number of methoxy groups -OCH3 is 1. The van der Waals surface area contributed by atoms with Gasteiger partial charge in [0.1, 0.15) is 5.75 Å². The first kappa shape index (κ1) is 18.9. The van der Waals surface area contributed by atoms with E-state index in [1.54, 1.807) is 18.2 Å². The van der Waals surface area contributed by atoms with Gasteiger partial charge in [0.05, 0.1) is 25.3 Å². The maximum atomic E-state index is 12.5. The molecule has 1 aromatic carbocycles. The van der Waals surface area contributed by atoms with Crippen molar-refractivity contribution in [1.29, 1.82) is 0 Å². The monoisotopic (exact) mass is 367 g/mol. The number of amides is 2. The fraction of sp³-hybridized carbons (Fsp3) is 0.381. The predicted octanol–water partition coefficient (Wildman–Crippen LogP) is 2.11. The van der Waals surface area contributed by atoms with Crippen molar-refractivity contribution in [3.8, 4) is 5.75 Å². The third-order valence-electron chi connectivity index (χ3n) is 4.79. The maximum Gasteiger partial charge on any atom is 0.225 e. The van der Waals surface area contributed by atoms with E-state index in [0.29, 0.717) is 26.1 Å². The van der Waals surface area contributed by atoms with Gasteiger partial charge in [-0.1, -0.05) is 23.8 Å². The number of likely N-dealkylation sites (tertiary alicyclic amines) is 1. The second-order valence-electron chi connectivity index (χ2n) is 6.85. The molecule has 0 aliphatic carbocycles. The van der Waals surface area contributed by atoms with Gasteiger partial charge >= 0.3 is 0 Å². The van der Waals surface area contributed by atoms with Gasteiger partial charge in [-0.3, -0.25) is 14.6 Å². The molecule has 1 N–H and O–H groups in total. The van der Waals surface area contributed by atoms with Gasteiger partial charge in [0.15, 0.2) is 0 Å². The number of carbonyl (C=O) groups excluding carboxylic acids is 2. The second kappa shape index (κ2) is 8.66. The van der Waals surface area contributed by atoms with Crippen LogP contribution < -0.4 is 10.1 Å². The largest absolute Gasteiger partial charge is 0.496 e. The van der Waals surface area contributed by atoms with Gasteiger partial charge in [0, 0.05) is 25.7 Å². The lowest BCUT2D eigenvalue weighted by atomic mass is 10.1. The number of benzene rings is 1. The van der Waals surface area contributed by atoms with Crippen molar-refractivity contribution in [2.75, 3.05) is 20.2 Å². The first-order valence-electron chi connectivity index (χ1n) is 9.15. The molecule has 142 valence electrons. The minimum Gasteiger partial charge on any atom is -0.496 e. The van der Waals surface area contributed by atoms with Crippen molar-refractivity contribution >= 4 is 11.8 Å². The summed E-state index contributed by atoms with van der Waals surface area (Å²) in [6.07, 6.45) is 2.65. The van der Waals surface area contributed by atoms with Gasteiger partial charge in [-0.15, -0.1) is 0 Å². The van der Waals surface area contributed by atoms with Gasteiger partial charge in [-0.2, -0.15) is 0 Å². The quantitative estimate of drug-likeness (QED) is 0.814. The van der Waals surface area contributed by atoms with Gasteiger partial charge in [-0.05, 0) is 37.1 Å². The molecule has 0 radical (unpaired) electrons. The minimum absolute atomic E-state index is 0.00107. The van der Waals surface area contributed by atoms with Crippen LogP contribution in [0.4, 0.5) is 0 Å². The molecule has 2 heterocycles. The fourth-order valence-electron chi connectivity index (χ4n) is 3.36. The number of ether oxygens (including phenoxy) is 1. The van der Waals surface area contributed by atoms with E-state index in [4.69, 9.17) is 4.74 Å². The van der Waals surface area contributed by atoms with Crippen molar-refractivity contribution in [3.05, 3.63) is 59.4 Å². The lowest BCUT2D eigenvalue weighted by Gasteiger charge is -2.16. The first-order valence-corrected chi connectivity index (χ1v) is 9.15. The van der Waals surface area contributed by atoms with Crippen molar-refractivity contribution in [3.63, 3.8) is 0 Å². The zero-order valence-corrected chi connectivity index (χ0v) is 15.8.